The summed E-state index contributed by atoms with van der Waals surface area (Å²) in [7, 11) is 0. The summed E-state index contributed by atoms with van der Waals surface area (Å²) >= 11 is 0. The first-order valence-corrected chi connectivity index (χ1v) is 10.5. The summed E-state index contributed by atoms with van der Waals surface area (Å²) < 4.78 is 24.8. The Balaban J connectivity index is 1.41. The molecule has 2 aromatic carbocycles. The van der Waals surface area contributed by atoms with Gasteiger partial charge in [-0.3, -0.25) is 4.79 Å². The fourth-order valence-corrected chi connectivity index (χ4v) is 3.97. The Labute approximate surface area is 176 Å². The van der Waals surface area contributed by atoms with Crippen molar-refractivity contribution < 1.29 is 18.7 Å². The molecule has 1 atom stereocenters. The standard InChI is InChI=1S/C24H27FN2O3/c1-3-29-22-16-19-14-17(2)30-23(19)15-18(22)4-9-24(28)27-12-10-26(11-13-27)21-7-5-20(25)6-8-21/h4-9,15-17H,3,10-14H2,1-2H3/b9-4+. The number of carbonyl (C=O) groups excluding carboxylic acids is 1. The van der Waals surface area contributed by atoms with E-state index in [1.54, 1.807) is 18.2 Å². The van der Waals surface area contributed by atoms with Gasteiger partial charge in [0, 0.05) is 55.5 Å². The van der Waals surface area contributed by atoms with Crippen LogP contribution in [0.3, 0.4) is 0 Å². The Morgan fingerprint density at radius 2 is 1.93 bits per heavy atom. The highest BCUT2D eigenvalue weighted by atomic mass is 19.1. The van der Waals surface area contributed by atoms with Crippen molar-refractivity contribution in [2.75, 3.05) is 37.7 Å². The first-order valence-electron chi connectivity index (χ1n) is 10.5. The number of hydrogen-bond acceptors (Lipinski definition) is 4. The molecule has 5 nitrogen and oxygen atoms in total. The number of amides is 1. The molecule has 1 saturated heterocycles. The molecule has 2 aromatic rings. The number of hydrogen-bond donors (Lipinski definition) is 0. The molecule has 1 fully saturated rings. The monoisotopic (exact) mass is 410 g/mol. The minimum atomic E-state index is -0.240. The lowest BCUT2D eigenvalue weighted by Crippen LogP contribution is -2.48. The Kier molecular flexibility index (Phi) is 5.93. The molecule has 0 aromatic heterocycles. The van der Waals surface area contributed by atoms with Gasteiger partial charge in [-0.15, -0.1) is 0 Å². The van der Waals surface area contributed by atoms with Crippen LogP contribution in [0.5, 0.6) is 11.5 Å². The van der Waals surface area contributed by atoms with Crippen molar-refractivity contribution >= 4 is 17.7 Å². The van der Waals surface area contributed by atoms with Crippen molar-refractivity contribution in [3.63, 3.8) is 0 Å². The molecular formula is C24H27FN2O3. The quantitative estimate of drug-likeness (QED) is 0.701. The first kappa shape index (κ1) is 20.3. The number of halogens is 1. The highest BCUT2D eigenvalue weighted by Gasteiger charge is 2.22. The predicted molar refractivity (Wildman–Crippen MR) is 116 cm³/mol. The molecule has 30 heavy (non-hydrogen) atoms. The van der Waals surface area contributed by atoms with E-state index in [-0.39, 0.29) is 17.8 Å². The number of rotatable bonds is 5. The molecule has 0 spiro atoms. The number of ether oxygens (including phenoxy) is 2. The summed E-state index contributed by atoms with van der Waals surface area (Å²) in [5.41, 5.74) is 2.97. The predicted octanol–water partition coefficient (Wildman–Crippen LogP) is 3.91. The van der Waals surface area contributed by atoms with Gasteiger partial charge in [0.2, 0.25) is 5.91 Å². The molecule has 6 heteroatoms. The van der Waals surface area contributed by atoms with E-state index >= 15 is 0 Å². The van der Waals surface area contributed by atoms with Gasteiger partial charge in [-0.2, -0.15) is 0 Å². The van der Waals surface area contributed by atoms with Crippen LogP contribution in [0.15, 0.2) is 42.5 Å². The van der Waals surface area contributed by atoms with E-state index in [9.17, 15) is 9.18 Å². The van der Waals surface area contributed by atoms with E-state index in [2.05, 4.69) is 4.90 Å². The Bertz CT molecular complexity index is 934. The summed E-state index contributed by atoms with van der Waals surface area (Å²) in [6.07, 6.45) is 4.45. The third-order valence-corrected chi connectivity index (χ3v) is 5.52. The lowest BCUT2D eigenvalue weighted by molar-refractivity contribution is -0.126. The number of anilines is 1. The molecule has 0 bridgehead atoms. The first-order chi connectivity index (χ1) is 14.5. The van der Waals surface area contributed by atoms with Gasteiger partial charge in [-0.05, 0) is 56.3 Å². The molecular weight excluding hydrogens is 383 g/mol. The minimum absolute atomic E-state index is 0.0222. The van der Waals surface area contributed by atoms with Gasteiger partial charge in [-0.1, -0.05) is 0 Å². The second kappa shape index (κ2) is 8.78. The maximum absolute atomic E-state index is 13.1. The number of carbonyl (C=O) groups is 1. The zero-order chi connectivity index (χ0) is 21.1. The Morgan fingerprint density at radius 1 is 1.20 bits per heavy atom. The van der Waals surface area contributed by atoms with Gasteiger partial charge >= 0.3 is 0 Å². The molecule has 0 saturated carbocycles. The number of benzene rings is 2. The van der Waals surface area contributed by atoms with Gasteiger partial charge in [0.15, 0.2) is 0 Å². The van der Waals surface area contributed by atoms with Gasteiger partial charge in [0.1, 0.15) is 23.4 Å². The smallest absolute Gasteiger partial charge is 0.246 e. The average Bonchev–Trinajstić information content (AvgIpc) is 3.11. The molecule has 2 heterocycles. The van der Waals surface area contributed by atoms with E-state index in [4.69, 9.17) is 9.47 Å². The summed E-state index contributed by atoms with van der Waals surface area (Å²) in [5, 5.41) is 0. The van der Waals surface area contributed by atoms with Crippen LogP contribution in [-0.2, 0) is 11.2 Å². The van der Waals surface area contributed by atoms with E-state index in [1.165, 1.54) is 12.1 Å². The van der Waals surface area contributed by atoms with Crippen LogP contribution in [0.4, 0.5) is 10.1 Å². The molecule has 0 aliphatic carbocycles. The minimum Gasteiger partial charge on any atom is -0.493 e. The van der Waals surface area contributed by atoms with Crippen LogP contribution < -0.4 is 14.4 Å². The molecule has 2 aliphatic rings. The molecule has 4 rings (SSSR count). The van der Waals surface area contributed by atoms with Crippen LogP contribution in [-0.4, -0.2) is 49.7 Å². The van der Waals surface area contributed by atoms with Crippen molar-refractivity contribution in [3.05, 3.63) is 59.4 Å². The van der Waals surface area contributed by atoms with Crippen molar-refractivity contribution in [2.24, 2.45) is 0 Å². The normalized spacial score (nSPS) is 18.4. The van der Waals surface area contributed by atoms with Crippen molar-refractivity contribution in [3.8, 4) is 11.5 Å². The fourth-order valence-electron chi connectivity index (χ4n) is 3.97. The zero-order valence-corrected chi connectivity index (χ0v) is 17.4. The molecule has 1 unspecified atom stereocenters. The van der Waals surface area contributed by atoms with Crippen LogP contribution in [0.25, 0.3) is 6.08 Å². The lowest BCUT2D eigenvalue weighted by Gasteiger charge is -2.35. The average molecular weight is 410 g/mol. The van der Waals surface area contributed by atoms with E-state index in [0.29, 0.717) is 19.7 Å². The van der Waals surface area contributed by atoms with Crippen LogP contribution >= 0.6 is 0 Å². The van der Waals surface area contributed by atoms with Gasteiger partial charge in [-0.25, -0.2) is 4.39 Å². The molecule has 0 radical (unpaired) electrons. The highest BCUT2D eigenvalue weighted by Crippen LogP contribution is 2.35. The third kappa shape index (κ3) is 4.42. The largest absolute Gasteiger partial charge is 0.493 e. The lowest BCUT2D eigenvalue weighted by atomic mass is 10.1. The maximum atomic E-state index is 13.1. The summed E-state index contributed by atoms with van der Waals surface area (Å²) in [6.45, 7) is 7.26. The highest BCUT2D eigenvalue weighted by molar-refractivity contribution is 5.92. The second-order valence-electron chi connectivity index (χ2n) is 7.69. The maximum Gasteiger partial charge on any atom is 0.246 e. The Hall–Kier alpha value is -3.02. The van der Waals surface area contributed by atoms with Crippen LogP contribution in [0.1, 0.15) is 25.0 Å². The van der Waals surface area contributed by atoms with Crippen molar-refractivity contribution in [2.45, 2.75) is 26.4 Å². The summed E-state index contributed by atoms with van der Waals surface area (Å²) in [6, 6.07) is 10.5. The number of piperazine rings is 1. The zero-order valence-electron chi connectivity index (χ0n) is 17.4. The summed E-state index contributed by atoms with van der Waals surface area (Å²) in [4.78, 5) is 16.7. The molecule has 1 amide bonds. The topological polar surface area (TPSA) is 42.0 Å². The number of nitrogens with zero attached hydrogens (tertiary/aromatic N) is 2. The SMILES string of the molecule is CCOc1cc2c(cc1/C=C/C(=O)N1CCN(c3ccc(F)cc3)CC1)OC(C)C2. The molecule has 158 valence electrons. The van der Waals surface area contributed by atoms with Crippen molar-refractivity contribution in [1.29, 1.82) is 0 Å². The van der Waals surface area contributed by atoms with Crippen molar-refractivity contribution in [1.82, 2.24) is 4.90 Å². The van der Waals surface area contributed by atoms with E-state index < -0.39 is 0 Å². The van der Waals surface area contributed by atoms with Gasteiger partial charge in [0.05, 0.1) is 6.61 Å². The van der Waals surface area contributed by atoms with E-state index in [0.717, 1.165) is 47.8 Å². The fraction of sp³-hybridized carbons (Fsp3) is 0.375. The summed E-state index contributed by atoms with van der Waals surface area (Å²) in [5.74, 6) is 1.38. The Morgan fingerprint density at radius 3 is 2.63 bits per heavy atom. The van der Waals surface area contributed by atoms with E-state index in [1.807, 2.05) is 37.0 Å². The molecule has 0 N–H and O–H groups in total. The second-order valence-corrected chi connectivity index (χ2v) is 7.69. The molecule has 2 aliphatic heterocycles. The van der Waals surface area contributed by atoms with Crippen LogP contribution in [0, 0.1) is 5.82 Å². The van der Waals surface area contributed by atoms with Crippen LogP contribution in [0.2, 0.25) is 0 Å². The third-order valence-electron chi connectivity index (χ3n) is 5.52. The van der Waals surface area contributed by atoms with Gasteiger partial charge in [0.25, 0.3) is 0 Å². The van der Waals surface area contributed by atoms with Gasteiger partial charge < -0.3 is 19.3 Å². The number of fused-ring (bicyclic) bond motifs is 1.